The van der Waals surface area contributed by atoms with Crippen LogP contribution in [0.5, 0.6) is 0 Å². The average molecular weight is 161 g/mol. The second-order valence-corrected chi connectivity index (χ2v) is 2.08. The number of pyridine rings is 1. The monoisotopic (exact) mass is 161 g/mol. The topological polar surface area (TPSA) is 46.4 Å². The van der Waals surface area contributed by atoms with Crippen LogP contribution in [0.2, 0.25) is 0 Å². The van der Waals surface area contributed by atoms with Crippen molar-refractivity contribution in [3.8, 4) is 0 Å². The molecule has 0 atom stereocenters. The van der Waals surface area contributed by atoms with Crippen molar-refractivity contribution in [2.75, 3.05) is 11.9 Å². The zero-order valence-electron chi connectivity index (χ0n) is 6.32. The highest BCUT2D eigenvalue weighted by Gasteiger charge is 2.03. The normalized spacial score (nSPS) is 8.58. The summed E-state index contributed by atoms with van der Waals surface area (Å²) in [5.74, 6) is 0.148. The number of carbonyl (C=O) groups is 1. The lowest BCUT2D eigenvalue weighted by Gasteiger charge is -1.97. The third-order valence-electron chi connectivity index (χ3n) is 1.16. The van der Waals surface area contributed by atoms with Gasteiger partial charge < -0.3 is 10.2 Å². The average Bonchev–Trinajstić information content (AvgIpc) is 2.06. The molecule has 1 aromatic rings. The van der Waals surface area contributed by atoms with Gasteiger partial charge in [-0.25, -0.2) is 11.6 Å². The minimum atomic E-state index is -0.330. The lowest BCUT2D eigenvalue weighted by atomic mass is 10.4. The van der Waals surface area contributed by atoms with E-state index in [1.807, 2.05) is 0 Å². The van der Waals surface area contributed by atoms with Crippen LogP contribution in [0, 0.1) is 6.57 Å². The molecule has 1 N–H and O–H groups in total. The second-order valence-electron chi connectivity index (χ2n) is 2.08. The number of anilines is 1. The van der Waals surface area contributed by atoms with Crippen LogP contribution in [-0.4, -0.2) is 17.4 Å². The van der Waals surface area contributed by atoms with Crippen LogP contribution in [0.3, 0.4) is 0 Å². The summed E-state index contributed by atoms with van der Waals surface area (Å²) in [6.45, 7) is 6.29. The third-order valence-corrected chi connectivity index (χ3v) is 1.16. The van der Waals surface area contributed by atoms with Gasteiger partial charge in [0, 0.05) is 6.20 Å². The number of hydrogen-bond donors (Lipinski definition) is 1. The molecule has 4 heteroatoms. The van der Waals surface area contributed by atoms with Crippen molar-refractivity contribution in [3.05, 3.63) is 35.8 Å². The Hall–Kier alpha value is -1.89. The summed E-state index contributed by atoms with van der Waals surface area (Å²) in [7, 11) is 0. The second kappa shape index (κ2) is 4.09. The maximum Gasteiger partial charge on any atom is 0.305 e. The van der Waals surface area contributed by atoms with Crippen LogP contribution < -0.4 is 5.32 Å². The lowest BCUT2D eigenvalue weighted by molar-refractivity contribution is -0.114. The molecule has 12 heavy (non-hydrogen) atoms. The molecule has 0 aliphatic rings. The minimum Gasteiger partial charge on any atom is -0.306 e. The summed E-state index contributed by atoms with van der Waals surface area (Å²) < 4.78 is 0. The van der Waals surface area contributed by atoms with E-state index in [4.69, 9.17) is 6.57 Å². The van der Waals surface area contributed by atoms with E-state index in [2.05, 4.69) is 15.1 Å². The van der Waals surface area contributed by atoms with Crippen molar-refractivity contribution in [3.63, 3.8) is 0 Å². The molecule has 0 aliphatic carbocycles. The summed E-state index contributed by atoms with van der Waals surface area (Å²) in [5.41, 5.74) is 0. The number of nitrogens with zero attached hydrogens (tertiary/aromatic N) is 2. The molecule has 1 heterocycles. The number of carbonyl (C=O) groups excluding carboxylic acids is 1. The van der Waals surface area contributed by atoms with E-state index in [9.17, 15) is 4.79 Å². The first-order valence-electron chi connectivity index (χ1n) is 3.37. The molecule has 0 bridgehead atoms. The fraction of sp³-hybridized carbons (Fsp3) is 0.125. The summed E-state index contributed by atoms with van der Waals surface area (Å²) >= 11 is 0. The Morgan fingerprint density at radius 1 is 1.67 bits per heavy atom. The first-order valence-corrected chi connectivity index (χ1v) is 3.37. The van der Waals surface area contributed by atoms with Crippen LogP contribution in [0.1, 0.15) is 0 Å². The van der Waals surface area contributed by atoms with Gasteiger partial charge in [0.1, 0.15) is 5.82 Å². The Bertz CT molecular complexity index is 302. The molecule has 0 saturated carbocycles. The zero-order chi connectivity index (χ0) is 8.81. The van der Waals surface area contributed by atoms with Gasteiger partial charge in [-0.05, 0) is 12.1 Å². The van der Waals surface area contributed by atoms with E-state index >= 15 is 0 Å². The highest BCUT2D eigenvalue weighted by molar-refractivity contribution is 5.92. The standard InChI is InChI=1S/C8H7N3O/c1-9-6-8(12)11-7-4-2-3-5-10-7/h2-5H,6H2,(H,10,11,12). The van der Waals surface area contributed by atoms with Crippen molar-refractivity contribution in [2.24, 2.45) is 0 Å². The SMILES string of the molecule is [C-]#[N+]CC(=O)Nc1ccccn1. The smallest absolute Gasteiger partial charge is 0.305 e. The largest absolute Gasteiger partial charge is 0.306 e. The van der Waals surface area contributed by atoms with Crippen LogP contribution in [0.15, 0.2) is 24.4 Å². The third kappa shape index (κ3) is 2.39. The van der Waals surface area contributed by atoms with Crippen LogP contribution >= 0.6 is 0 Å². The molecular weight excluding hydrogens is 154 g/mol. The Labute approximate surface area is 70.1 Å². The van der Waals surface area contributed by atoms with Crippen molar-refractivity contribution >= 4 is 11.7 Å². The first kappa shape index (κ1) is 8.21. The number of rotatable bonds is 2. The van der Waals surface area contributed by atoms with Gasteiger partial charge >= 0.3 is 5.91 Å². The fourth-order valence-electron chi connectivity index (χ4n) is 0.691. The van der Waals surface area contributed by atoms with E-state index in [1.54, 1.807) is 24.4 Å². The minimum absolute atomic E-state index is 0.156. The summed E-state index contributed by atoms with van der Waals surface area (Å²) in [4.78, 5) is 17.7. The molecular formula is C8H7N3O. The van der Waals surface area contributed by atoms with Gasteiger partial charge in [-0.3, -0.25) is 4.79 Å². The molecule has 0 spiro atoms. The lowest BCUT2D eigenvalue weighted by Crippen LogP contribution is -2.14. The quantitative estimate of drug-likeness (QED) is 0.656. The molecule has 0 aliphatic heterocycles. The fourth-order valence-corrected chi connectivity index (χ4v) is 0.691. The highest BCUT2D eigenvalue weighted by atomic mass is 16.1. The molecule has 1 amide bonds. The van der Waals surface area contributed by atoms with E-state index in [-0.39, 0.29) is 12.5 Å². The van der Waals surface area contributed by atoms with Crippen LogP contribution in [0.25, 0.3) is 4.85 Å². The van der Waals surface area contributed by atoms with Crippen LogP contribution in [-0.2, 0) is 4.79 Å². The maximum atomic E-state index is 10.8. The van der Waals surface area contributed by atoms with E-state index < -0.39 is 0 Å². The molecule has 60 valence electrons. The Morgan fingerprint density at radius 2 is 2.50 bits per heavy atom. The Kier molecular flexibility index (Phi) is 2.79. The molecule has 1 rings (SSSR count). The van der Waals surface area contributed by atoms with Gasteiger partial charge in [0.2, 0.25) is 0 Å². The highest BCUT2D eigenvalue weighted by Crippen LogP contribution is 1.98. The van der Waals surface area contributed by atoms with Gasteiger partial charge in [0.25, 0.3) is 6.54 Å². The van der Waals surface area contributed by atoms with Crippen molar-refractivity contribution in [1.82, 2.24) is 4.98 Å². The number of nitrogens with one attached hydrogen (secondary N) is 1. The maximum absolute atomic E-state index is 10.8. The number of aromatic nitrogens is 1. The first-order chi connectivity index (χ1) is 5.83. The van der Waals surface area contributed by atoms with Crippen LogP contribution in [0.4, 0.5) is 5.82 Å². The summed E-state index contributed by atoms with van der Waals surface area (Å²) in [5, 5.41) is 2.48. The molecule has 0 fully saturated rings. The van der Waals surface area contributed by atoms with E-state index in [1.165, 1.54) is 0 Å². The van der Waals surface area contributed by atoms with Gasteiger partial charge in [-0.2, -0.15) is 0 Å². The number of hydrogen-bond acceptors (Lipinski definition) is 2. The predicted octanol–water partition coefficient (Wildman–Crippen LogP) is 0.939. The molecule has 4 nitrogen and oxygen atoms in total. The van der Waals surface area contributed by atoms with Gasteiger partial charge in [-0.1, -0.05) is 6.07 Å². The molecule has 0 aromatic carbocycles. The van der Waals surface area contributed by atoms with E-state index in [0.717, 1.165) is 0 Å². The van der Waals surface area contributed by atoms with Gasteiger partial charge in [-0.15, -0.1) is 0 Å². The molecule has 0 radical (unpaired) electrons. The number of amides is 1. The Morgan fingerprint density at radius 3 is 3.08 bits per heavy atom. The molecule has 1 aromatic heterocycles. The zero-order valence-corrected chi connectivity index (χ0v) is 6.32. The predicted molar refractivity (Wildman–Crippen MR) is 44.3 cm³/mol. The molecule has 0 unspecified atom stereocenters. The van der Waals surface area contributed by atoms with Crippen molar-refractivity contribution in [1.29, 1.82) is 0 Å². The van der Waals surface area contributed by atoms with Crippen molar-refractivity contribution < 1.29 is 4.79 Å². The Balaban J connectivity index is 2.54. The van der Waals surface area contributed by atoms with Crippen molar-refractivity contribution in [2.45, 2.75) is 0 Å². The molecule has 0 saturated heterocycles. The summed E-state index contributed by atoms with van der Waals surface area (Å²) in [6.07, 6.45) is 1.58. The van der Waals surface area contributed by atoms with Gasteiger partial charge in [0.15, 0.2) is 0 Å². The van der Waals surface area contributed by atoms with Gasteiger partial charge in [0.05, 0.1) is 0 Å². The van der Waals surface area contributed by atoms with E-state index in [0.29, 0.717) is 5.82 Å². The summed E-state index contributed by atoms with van der Waals surface area (Å²) in [6, 6.07) is 5.19.